The minimum Gasteiger partial charge on any atom is -0.392 e. The van der Waals surface area contributed by atoms with Crippen LogP contribution in [-0.2, 0) is 9.84 Å². The number of hydrogen-bond donors (Lipinski definition) is 1. The second-order valence-corrected chi connectivity index (χ2v) is 5.28. The third-order valence-corrected chi connectivity index (χ3v) is 3.59. The standard InChI is InChI=1S/C11H14O3S/c1-10-4-6-11(7-5-10)15(13,14)9-3-2-8-12/h2-7,12H,8-9H2,1H3/b3-2+. The van der Waals surface area contributed by atoms with Crippen molar-refractivity contribution in [1.82, 2.24) is 0 Å². The molecule has 0 fully saturated rings. The predicted octanol–water partition coefficient (Wildman–Crippen LogP) is 1.32. The molecule has 15 heavy (non-hydrogen) atoms. The highest BCUT2D eigenvalue weighted by Gasteiger charge is 2.11. The lowest BCUT2D eigenvalue weighted by molar-refractivity contribution is 0.342. The van der Waals surface area contributed by atoms with Crippen molar-refractivity contribution >= 4 is 9.84 Å². The van der Waals surface area contributed by atoms with Crippen LogP contribution in [0.3, 0.4) is 0 Å². The third-order valence-electron chi connectivity index (χ3n) is 1.97. The van der Waals surface area contributed by atoms with E-state index in [1.54, 1.807) is 24.3 Å². The molecule has 0 spiro atoms. The molecule has 82 valence electrons. The van der Waals surface area contributed by atoms with Gasteiger partial charge in [0.1, 0.15) is 0 Å². The lowest BCUT2D eigenvalue weighted by atomic mass is 10.2. The Hall–Kier alpha value is -1.13. The summed E-state index contributed by atoms with van der Waals surface area (Å²) in [6.07, 6.45) is 2.88. The van der Waals surface area contributed by atoms with Gasteiger partial charge in [0.15, 0.2) is 9.84 Å². The molecule has 1 aromatic rings. The molecular formula is C11H14O3S. The number of aliphatic hydroxyl groups is 1. The summed E-state index contributed by atoms with van der Waals surface area (Å²) < 4.78 is 23.4. The highest BCUT2D eigenvalue weighted by molar-refractivity contribution is 7.91. The van der Waals surface area contributed by atoms with Crippen molar-refractivity contribution in [2.24, 2.45) is 0 Å². The maximum atomic E-state index is 11.7. The van der Waals surface area contributed by atoms with Crippen molar-refractivity contribution in [3.05, 3.63) is 42.0 Å². The van der Waals surface area contributed by atoms with E-state index in [0.717, 1.165) is 5.56 Å². The molecule has 0 atom stereocenters. The van der Waals surface area contributed by atoms with Crippen LogP contribution in [0, 0.1) is 6.92 Å². The van der Waals surface area contributed by atoms with Crippen LogP contribution < -0.4 is 0 Å². The molecule has 4 heteroatoms. The van der Waals surface area contributed by atoms with Crippen molar-refractivity contribution in [1.29, 1.82) is 0 Å². The molecule has 0 unspecified atom stereocenters. The fourth-order valence-corrected chi connectivity index (χ4v) is 2.24. The van der Waals surface area contributed by atoms with E-state index in [1.165, 1.54) is 12.2 Å². The minimum atomic E-state index is -3.25. The van der Waals surface area contributed by atoms with Crippen LogP contribution in [-0.4, -0.2) is 25.9 Å². The van der Waals surface area contributed by atoms with Gasteiger partial charge in [-0.05, 0) is 19.1 Å². The molecule has 0 heterocycles. The topological polar surface area (TPSA) is 54.4 Å². The first-order valence-corrected chi connectivity index (χ1v) is 6.27. The highest BCUT2D eigenvalue weighted by Crippen LogP contribution is 2.12. The van der Waals surface area contributed by atoms with Gasteiger partial charge in [-0.2, -0.15) is 0 Å². The molecule has 1 rings (SSSR count). The Morgan fingerprint density at radius 1 is 1.20 bits per heavy atom. The molecule has 3 nitrogen and oxygen atoms in total. The Balaban J connectivity index is 2.87. The summed E-state index contributed by atoms with van der Waals surface area (Å²) in [5, 5.41) is 8.49. The van der Waals surface area contributed by atoms with Gasteiger partial charge in [-0.15, -0.1) is 0 Å². The van der Waals surface area contributed by atoms with E-state index in [0.29, 0.717) is 4.90 Å². The Morgan fingerprint density at radius 2 is 1.80 bits per heavy atom. The SMILES string of the molecule is Cc1ccc(S(=O)(=O)C/C=C/CO)cc1. The summed E-state index contributed by atoms with van der Waals surface area (Å²) in [6.45, 7) is 1.77. The van der Waals surface area contributed by atoms with E-state index < -0.39 is 9.84 Å². The fraction of sp³-hybridized carbons (Fsp3) is 0.273. The average Bonchev–Trinajstić information content (AvgIpc) is 2.18. The molecule has 0 amide bonds. The van der Waals surface area contributed by atoms with Gasteiger partial charge < -0.3 is 5.11 Å². The lowest BCUT2D eigenvalue weighted by Crippen LogP contribution is -2.04. The van der Waals surface area contributed by atoms with Crippen LogP contribution >= 0.6 is 0 Å². The minimum absolute atomic E-state index is 0.0728. The van der Waals surface area contributed by atoms with Crippen LogP contribution in [0.1, 0.15) is 5.56 Å². The molecule has 1 N–H and O–H groups in total. The molecule has 0 aliphatic rings. The number of aliphatic hydroxyl groups excluding tert-OH is 1. The van der Waals surface area contributed by atoms with Gasteiger partial charge in [-0.1, -0.05) is 29.8 Å². The molecule has 0 saturated carbocycles. The van der Waals surface area contributed by atoms with Crippen LogP contribution in [0.15, 0.2) is 41.3 Å². The van der Waals surface area contributed by atoms with Gasteiger partial charge in [-0.3, -0.25) is 0 Å². The number of sulfone groups is 1. The van der Waals surface area contributed by atoms with E-state index >= 15 is 0 Å². The maximum absolute atomic E-state index is 11.7. The van der Waals surface area contributed by atoms with Gasteiger partial charge in [0.25, 0.3) is 0 Å². The molecule has 1 aromatic carbocycles. The van der Waals surface area contributed by atoms with Gasteiger partial charge in [0.05, 0.1) is 17.3 Å². The molecule has 0 saturated heterocycles. The Labute approximate surface area is 90.0 Å². The number of benzene rings is 1. The predicted molar refractivity (Wildman–Crippen MR) is 59.5 cm³/mol. The summed E-state index contributed by atoms with van der Waals surface area (Å²) in [7, 11) is -3.25. The van der Waals surface area contributed by atoms with Crippen molar-refractivity contribution in [3.63, 3.8) is 0 Å². The van der Waals surface area contributed by atoms with Crippen molar-refractivity contribution in [2.75, 3.05) is 12.4 Å². The first-order valence-electron chi connectivity index (χ1n) is 4.61. The summed E-state index contributed by atoms with van der Waals surface area (Å²) >= 11 is 0. The molecule has 0 aromatic heterocycles. The third kappa shape index (κ3) is 3.49. The Bertz CT molecular complexity index is 429. The van der Waals surface area contributed by atoms with Gasteiger partial charge >= 0.3 is 0 Å². The fourth-order valence-electron chi connectivity index (χ4n) is 1.11. The summed E-state index contributed by atoms with van der Waals surface area (Å²) in [5.41, 5.74) is 1.03. The zero-order valence-corrected chi connectivity index (χ0v) is 9.37. The Kier molecular flexibility index (Phi) is 4.05. The molecule has 0 aliphatic heterocycles. The van der Waals surface area contributed by atoms with E-state index in [9.17, 15) is 8.42 Å². The highest BCUT2D eigenvalue weighted by atomic mass is 32.2. The van der Waals surface area contributed by atoms with Gasteiger partial charge in [0, 0.05) is 0 Å². The first kappa shape index (κ1) is 11.9. The maximum Gasteiger partial charge on any atom is 0.181 e. The molecule has 0 radical (unpaired) electrons. The van der Waals surface area contributed by atoms with Gasteiger partial charge in [-0.25, -0.2) is 8.42 Å². The molecular weight excluding hydrogens is 212 g/mol. The second-order valence-electron chi connectivity index (χ2n) is 3.25. The van der Waals surface area contributed by atoms with Crippen molar-refractivity contribution in [2.45, 2.75) is 11.8 Å². The zero-order valence-electron chi connectivity index (χ0n) is 8.55. The Morgan fingerprint density at radius 3 is 2.33 bits per heavy atom. The van der Waals surface area contributed by atoms with Crippen LogP contribution in [0.5, 0.6) is 0 Å². The monoisotopic (exact) mass is 226 g/mol. The molecule has 0 aliphatic carbocycles. The largest absolute Gasteiger partial charge is 0.392 e. The van der Waals surface area contributed by atoms with E-state index in [1.807, 2.05) is 6.92 Å². The van der Waals surface area contributed by atoms with Crippen molar-refractivity contribution in [3.8, 4) is 0 Å². The van der Waals surface area contributed by atoms with Crippen LogP contribution in [0.25, 0.3) is 0 Å². The van der Waals surface area contributed by atoms with E-state index in [-0.39, 0.29) is 12.4 Å². The summed E-state index contributed by atoms with van der Waals surface area (Å²) in [4.78, 5) is 0.315. The second kappa shape index (κ2) is 5.09. The van der Waals surface area contributed by atoms with Crippen LogP contribution in [0.4, 0.5) is 0 Å². The number of hydrogen-bond acceptors (Lipinski definition) is 3. The normalized spacial score (nSPS) is 12.1. The van der Waals surface area contributed by atoms with E-state index in [4.69, 9.17) is 5.11 Å². The smallest absolute Gasteiger partial charge is 0.181 e. The van der Waals surface area contributed by atoms with Crippen LogP contribution in [0.2, 0.25) is 0 Å². The van der Waals surface area contributed by atoms with E-state index in [2.05, 4.69) is 0 Å². The quantitative estimate of drug-likeness (QED) is 0.788. The average molecular weight is 226 g/mol. The van der Waals surface area contributed by atoms with Gasteiger partial charge in [0.2, 0.25) is 0 Å². The summed E-state index contributed by atoms with van der Waals surface area (Å²) in [6, 6.07) is 6.72. The first-order chi connectivity index (χ1) is 7.06. The lowest BCUT2D eigenvalue weighted by Gasteiger charge is -2.01. The zero-order chi connectivity index (χ0) is 11.3. The molecule has 0 bridgehead atoms. The van der Waals surface area contributed by atoms with Crippen molar-refractivity contribution < 1.29 is 13.5 Å². The number of aryl methyl sites for hydroxylation is 1. The number of rotatable bonds is 4. The summed E-state index contributed by atoms with van der Waals surface area (Å²) in [5.74, 6) is -0.0728.